The van der Waals surface area contributed by atoms with Crippen molar-refractivity contribution in [2.75, 3.05) is 46.2 Å². The van der Waals surface area contributed by atoms with Crippen molar-refractivity contribution in [1.82, 2.24) is 0 Å². The topological polar surface area (TPSA) is 75.6 Å². The molecule has 0 radical (unpaired) electrons. The van der Waals surface area contributed by atoms with E-state index in [0.717, 1.165) is 68.2 Å². The molecule has 8 heteroatoms. The lowest BCUT2D eigenvalue weighted by molar-refractivity contribution is -0.268. The Morgan fingerprint density at radius 2 is 1.38 bits per heavy atom. The van der Waals surface area contributed by atoms with E-state index in [2.05, 4.69) is 70.2 Å². The van der Waals surface area contributed by atoms with Crippen LogP contribution in [0.3, 0.4) is 0 Å². The van der Waals surface area contributed by atoms with E-state index in [1.54, 1.807) is 11.3 Å². The maximum absolute atomic E-state index is 9.56. The van der Waals surface area contributed by atoms with Crippen LogP contribution >= 0.6 is 11.3 Å². The fourth-order valence-corrected chi connectivity index (χ4v) is 7.04. The largest absolute Gasteiger partial charge is 0.491 e. The molecule has 2 aromatic carbocycles. The number of rotatable bonds is 23. The molecule has 1 aliphatic heterocycles. The van der Waals surface area contributed by atoms with Gasteiger partial charge in [0.2, 0.25) is 0 Å². The summed E-state index contributed by atoms with van der Waals surface area (Å²) in [6.45, 7) is 12.0. The summed E-state index contributed by atoms with van der Waals surface area (Å²) >= 11 is 1.80. The van der Waals surface area contributed by atoms with Gasteiger partial charge in [-0.1, -0.05) is 77.6 Å². The van der Waals surface area contributed by atoms with Crippen LogP contribution in [0.15, 0.2) is 48.5 Å². The van der Waals surface area contributed by atoms with Crippen LogP contribution in [-0.2, 0) is 30.1 Å². The minimum atomic E-state index is -0.377. The summed E-state index contributed by atoms with van der Waals surface area (Å²) < 4.78 is 40.6. The van der Waals surface area contributed by atoms with Crippen molar-refractivity contribution in [2.24, 2.45) is 0 Å². The Kier molecular flexibility index (Phi) is 17.0. The summed E-state index contributed by atoms with van der Waals surface area (Å²) in [4.78, 5) is 1.25. The molecule has 2 unspecified atom stereocenters. The van der Waals surface area contributed by atoms with Crippen LogP contribution in [0.25, 0.3) is 10.1 Å². The van der Waals surface area contributed by atoms with Crippen LogP contribution in [-0.4, -0.2) is 75.8 Å². The van der Waals surface area contributed by atoms with Gasteiger partial charge in [0.25, 0.3) is 0 Å². The number of benzene rings is 2. The Morgan fingerprint density at radius 1 is 0.723 bits per heavy atom. The van der Waals surface area contributed by atoms with Gasteiger partial charge in [0.1, 0.15) is 42.9 Å². The SMILES string of the molecule is CCCCOCC1OC(c2ccc(OCCO)c(Cc3cc4ccccc4s3)c2)[C@H](OCCCC)[C@@H](OCCCC)[C@@H]1OCCCC. The molecular formula is C39H58O7S. The molecule has 0 saturated carbocycles. The highest BCUT2D eigenvalue weighted by atomic mass is 32.1. The third-order valence-corrected chi connectivity index (χ3v) is 9.70. The van der Waals surface area contributed by atoms with Gasteiger partial charge >= 0.3 is 0 Å². The van der Waals surface area contributed by atoms with Gasteiger partial charge in [-0.15, -0.1) is 11.3 Å². The summed E-state index contributed by atoms with van der Waals surface area (Å²) in [5.74, 6) is 0.774. The first-order valence-corrected chi connectivity index (χ1v) is 18.9. The number of aliphatic hydroxyl groups excluding tert-OH is 1. The summed E-state index contributed by atoms with van der Waals surface area (Å²) in [5, 5.41) is 10.8. The second-order valence-electron chi connectivity index (χ2n) is 12.5. The monoisotopic (exact) mass is 670 g/mol. The Balaban J connectivity index is 1.72. The third kappa shape index (κ3) is 11.2. The molecule has 5 atom stereocenters. The quantitative estimate of drug-likeness (QED) is 0.101. The first-order valence-electron chi connectivity index (χ1n) is 18.0. The smallest absolute Gasteiger partial charge is 0.122 e. The number of unbranched alkanes of at least 4 members (excludes halogenated alkanes) is 4. The lowest BCUT2D eigenvalue weighted by atomic mass is 9.89. The van der Waals surface area contributed by atoms with Crippen LogP contribution in [0.5, 0.6) is 5.75 Å². The summed E-state index contributed by atoms with van der Waals surface area (Å²) in [6.07, 6.45) is 7.22. The predicted octanol–water partition coefficient (Wildman–Crippen LogP) is 8.68. The van der Waals surface area contributed by atoms with Crippen molar-refractivity contribution in [1.29, 1.82) is 0 Å². The van der Waals surface area contributed by atoms with Gasteiger partial charge in [-0.3, -0.25) is 0 Å². The van der Waals surface area contributed by atoms with E-state index in [4.69, 9.17) is 28.4 Å². The molecule has 47 heavy (non-hydrogen) atoms. The van der Waals surface area contributed by atoms with Crippen LogP contribution in [0.2, 0.25) is 0 Å². The van der Waals surface area contributed by atoms with E-state index < -0.39 is 0 Å². The van der Waals surface area contributed by atoms with E-state index in [9.17, 15) is 5.11 Å². The molecule has 2 heterocycles. The second kappa shape index (κ2) is 21.1. The molecule has 1 fully saturated rings. The molecule has 262 valence electrons. The molecule has 3 aromatic rings. The minimum Gasteiger partial charge on any atom is -0.491 e. The van der Waals surface area contributed by atoms with Crippen LogP contribution in [0.4, 0.5) is 0 Å². The van der Waals surface area contributed by atoms with E-state index >= 15 is 0 Å². The molecule has 0 amide bonds. The molecular weight excluding hydrogens is 612 g/mol. The molecule has 1 N–H and O–H groups in total. The molecule has 0 aliphatic carbocycles. The molecule has 0 bridgehead atoms. The van der Waals surface area contributed by atoms with Crippen LogP contribution < -0.4 is 4.74 Å². The number of thiophene rings is 1. The molecule has 1 aliphatic rings. The van der Waals surface area contributed by atoms with Crippen LogP contribution in [0, 0.1) is 0 Å². The van der Waals surface area contributed by atoms with E-state index in [-0.39, 0.29) is 43.7 Å². The zero-order chi connectivity index (χ0) is 33.3. The fraction of sp³-hybridized carbons (Fsp3) is 0.641. The number of hydrogen-bond acceptors (Lipinski definition) is 8. The first-order chi connectivity index (χ1) is 23.1. The van der Waals surface area contributed by atoms with E-state index in [0.29, 0.717) is 39.5 Å². The van der Waals surface area contributed by atoms with Gasteiger partial charge in [-0.05, 0) is 66.5 Å². The van der Waals surface area contributed by atoms with E-state index in [1.165, 1.54) is 15.0 Å². The highest BCUT2D eigenvalue weighted by Gasteiger charge is 2.48. The Labute approximate surface area is 286 Å². The lowest BCUT2D eigenvalue weighted by Gasteiger charge is -2.46. The standard InChI is InChI=1S/C39H58O7S/c1-5-9-20-41-28-34-37(43-21-10-6-2)39(45-23-12-8-4)38(44-22-11-7-3)36(46-34)30-17-18-33(42-24-19-40)31(25-30)27-32-26-29-15-13-14-16-35(29)47-32/h13-18,25-26,34,36-40H,5-12,19-24,27-28H2,1-4H3/t34?,36?,37-,38+,39+/m1/s1. The lowest BCUT2D eigenvalue weighted by Crippen LogP contribution is -2.58. The molecule has 4 rings (SSSR count). The Morgan fingerprint density at radius 3 is 2.06 bits per heavy atom. The van der Waals surface area contributed by atoms with Crippen LogP contribution in [0.1, 0.15) is 101 Å². The molecule has 7 nitrogen and oxygen atoms in total. The van der Waals surface area contributed by atoms with Crippen molar-refractivity contribution in [3.8, 4) is 5.75 Å². The van der Waals surface area contributed by atoms with Gasteiger partial charge in [0.05, 0.1) is 13.2 Å². The number of aliphatic hydroxyl groups is 1. The summed E-state index contributed by atoms with van der Waals surface area (Å²) in [6, 6.07) is 17.0. The van der Waals surface area contributed by atoms with Crippen molar-refractivity contribution in [3.63, 3.8) is 0 Å². The summed E-state index contributed by atoms with van der Waals surface area (Å²) in [5.41, 5.74) is 2.08. The van der Waals surface area contributed by atoms with Gasteiger partial charge in [0.15, 0.2) is 0 Å². The number of ether oxygens (including phenoxy) is 6. The van der Waals surface area contributed by atoms with Crippen molar-refractivity contribution in [3.05, 3.63) is 64.5 Å². The zero-order valence-corrected chi connectivity index (χ0v) is 29.9. The third-order valence-electron chi connectivity index (χ3n) is 8.59. The van der Waals surface area contributed by atoms with Crippen molar-refractivity contribution < 1.29 is 33.5 Å². The van der Waals surface area contributed by atoms with Crippen molar-refractivity contribution in [2.45, 2.75) is 116 Å². The van der Waals surface area contributed by atoms with E-state index in [1.807, 2.05) is 6.07 Å². The maximum Gasteiger partial charge on any atom is 0.122 e. The summed E-state index contributed by atoms with van der Waals surface area (Å²) in [7, 11) is 0. The maximum atomic E-state index is 9.56. The predicted molar refractivity (Wildman–Crippen MR) is 191 cm³/mol. The number of hydrogen-bond donors (Lipinski definition) is 1. The average molecular weight is 671 g/mol. The normalized spacial score (nSPS) is 21.4. The van der Waals surface area contributed by atoms with Gasteiger partial charge in [-0.2, -0.15) is 0 Å². The minimum absolute atomic E-state index is 0.0426. The van der Waals surface area contributed by atoms with Gasteiger partial charge < -0.3 is 33.5 Å². The fourth-order valence-electron chi connectivity index (χ4n) is 5.95. The number of fused-ring (bicyclic) bond motifs is 1. The zero-order valence-electron chi connectivity index (χ0n) is 29.1. The Bertz CT molecular complexity index is 1250. The highest BCUT2D eigenvalue weighted by molar-refractivity contribution is 7.19. The first kappa shape index (κ1) is 37.8. The van der Waals surface area contributed by atoms with Gasteiger partial charge in [-0.25, -0.2) is 0 Å². The molecule has 0 spiro atoms. The average Bonchev–Trinajstić information content (AvgIpc) is 3.50. The van der Waals surface area contributed by atoms with Crippen molar-refractivity contribution >= 4 is 21.4 Å². The van der Waals surface area contributed by atoms with Gasteiger partial charge in [0, 0.05) is 42.4 Å². The highest BCUT2D eigenvalue weighted by Crippen LogP contribution is 2.40. The Hall–Kier alpha value is -2.04. The molecule has 1 saturated heterocycles. The second-order valence-corrected chi connectivity index (χ2v) is 13.6. The molecule has 1 aromatic heterocycles.